The van der Waals surface area contributed by atoms with Crippen LogP contribution in [0.3, 0.4) is 0 Å². The van der Waals surface area contributed by atoms with E-state index in [4.69, 9.17) is 28.1 Å². The molecule has 0 aliphatic carbocycles. The molecule has 304 valence electrons. The first kappa shape index (κ1) is 42.5. The molecule has 0 saturated carbocycles. The molecule has 3 aromatic heterocycles. The van der Waals surface area contributed by atoms with Gasteiger partial charge in [0.2, 0.25) is 17.7 Å². The molecule has 4 heterocycles. The average Bonchev–Trinajstić information content (AvgIpc) is 3.65. The Morgan fingerprint density at radius 3 is 2.52 bits per heavy atom. The molecular weight excluding hydrogens is 772 g/mol. The second kappa shape index (κ2) is 20.5. The summed E-state index contributed by atoms with van der Waals surface area (Å²) < 4.78 is 0. The number of nitrogens with one attached hydrogen (secondary N) is 4. The minimum absolute atomic E-state index is 0.105. The van der Waals surface area contributed by atoms with Crippen molar-refractivity contribution in [2.45, 2.75) is 79.7 Å². The van der Waals surface area contributed by atoms with Crippen LogP contribution in [0.25, 0.3) is 22.0 Å². The van der Waals surface area contributed by atoms with E-state index in [9.17, 15) is 14.4 Å². The molecule has 1 aliphatic heterocycles. The van der Waals surface area contributed by atoms with Gasteiger partial charge >= 0.3 is 0 Å². The molecule has 8 N–H and O–H groups in total. The lowest BCUT2D eigenvalue weighted by Gasteiger charge is -2.32. The van der Waals surface area contributed by atoms with Gasteiger partial charge < -0.3 is 37.3 Å². The van der Waals surface area contributed by atoms with Crippen LogP contribution >= 0.6 is 23.4 Å². The minimum Gasteiger partial charge on any atom is -0.361 e. The van der Waals surface area contributed by atoms with E-state index in [1.165, 1.54) is 16.7 Å². The van der Waals surface area contributed by atoms with E-state index in [2.05, 4.69) is 30.9 Å². The number of pyridine rings is 2. The van der Waals surface area contributed by atoms with E-state index in [0.717, 1.165) is 43.6 Å². The van der Waals surface area contributed by atoms with Crippen LogP contribution in [0.2, 0.25) is 5.02 Å². The van der Waals surface area contributed by atoms with Crippen molar-refractivity contribution in [1.82, 2.24) is 35.8 Å². The molecule has 3 amide bonds. The summed E-state index contributed by atoms with van der Waals surface area (Å²) in [4.78, 5) is 62.1. The first-order valence-electron chi connectivity index (χ1n) is 19.6. The number of benzene rings is 2. The number of nitrogens with zero attached hydrogens (tertiary/aromatic N) is 4. The third-order valence-corrected chi connectivity index (χ3v) is 12.0. The molecule has 6 rings (SSSR count). The monoisotopic (exact) mass is 822 g/mol. The number of rotatable bonds is 11. The fraction of sp³-hybridized carbons (Fsp3) is 0.349. The fourth-order valence-electron chi connectivity index (χ4n) is 7.16. The van der Waals surface area contributed by atoms with Gasteiger partial charge in [0.25, 0.3) is 0 Å². The molecule has 0 bridgehead atoms. The van der Waals surface area contributed by atoms with Crippen LogP contribution in [0.5, 0.6) is 0 Å². The zero-order valence-corrected chi connectivity index (χ0v) is 34.4. The Kier molecular flexibility index (Phi) is 15.0. The minimum atomic E-state index is -0.935. The Bertz CT molecular complexity index is 2250. The Hall–Kier alpha value is -5.12. The number of fused-ring (bicyclic) bond motifs is 3. The van der Waals surface area contributed by atoms with Gasteiger partial charge in [-0.2, -0.15) is 0 Å². The standard InChI is InChI=1S/C43H51ClN10O3S/c1-47-26-32-20-27(14-18-48-32)29-19-31-25-52-41(56)38(22-30-24-50-35-11-4-3-10-33(30)35)54(2)43(57)37(12-5-6-15-45)53-40(55)36(13-7-16-46)51-23-28-9-8-17-49-42(28)58-39(31)34(44)21-29/h3-4,8-11,14,17-21,24,26,36-38,50-51H,5-7,12-13,15-16,22-23,25,45-46H2,1-2H3,(H,52,56)(H,53,55)/t36-,37-,38-/m0/s1. The number of para-hydroxylation sites is 1. The van der Waals surface area contributed by atoms with Crippen molar-refractivity contribution < 1.29 is 14.4 Å². The van der Waals surface area contributed by atoms with Crippen molar-refractivity contribution in [2.75, 3.05) is 27.2 Å². The van der Waals surface area contributed by atoms with Crippen LogP contribution < -0.4 is 27.4 Å². The molecular formula is C43H51ClN10O3S. The van der Waals surface area contributed by atoms with Gasteiger partial charge in [-0.05, 0) is 109 Å². The Morgan fingerprint density at radius 1 is 0.897 bits per heavy atom. The normalized spacial score (nSPS) is 18.5. The van der Waals surface area contributed by atoms with E-state index >= 15 is 0 Å². The first-order valence-corrected chi connectivity index (χ1v) is 20.8. The van der Waals surface area contributed by atoms with Crippen molar-refractivity contribution in [2.24, 2.45) is 16.5 Å². The van der Waals surface area contributed by atoms with Crippen molar-refractivity contribution in [3.8, 4) is 11.1 Å². The Labute approximate surface area is 348 Å². The largest absolute Gasteiger partial charge is 0.361 e. The van der Waals surface area contributed by atoms with E-state index in [0.29, 0.717) is 67.5 Å². The van der Waals surface area contributed by atoms with Crippen molar-refractivity contribution in [1.29, 1.82) is 0 Å². The van der Waals surface area contributed by atoms with E-state index < -0.39 is 18.1 Å². The van der Waals surface area contributed by atoms with Crippen LogP contribution in [0.4, 0.5) is 0 Å². The molecule has 13 nitrogen and oxygen atoms in total. The lowest BCUT2D eigenvalue weighted by molar-refractivity contribution is -0.142. The van der Waals surface area contributed by atoms with E-state index in [-0.39, 0.29) is 30.7 Å². The molecule has 0 radical (unpaired) electrons. The molecule has 0 unspecified atom stereocenters. The summed E-state index contributed by atoms with van der Waals surface area (Å²) in [7, 11) is 3.32. The molecule has 1 aliphatic rings. The number of aromatic amines is 1. The topological polar surface area (TPSA) is 197 Å². The van der Waals surface area contributed by atoms with Gasteiger partial charge in [-0.1, -0.05) is 47.6 Å². The highest BCUT2D eigenvalue weighted by Crippen LogP contribution is 2.40. The summed E-state index contributed by atoms with van der Waals surface area (Å²) in [5, 5.41) is 11.8. The number of likely N-dealkylation sites (N-methyl/N-ethyl adjacent to an activating group) is 1. The number of aromatic nitrogens is 3. The molecule has 15 heteroatoms. The Balaban J connectivity index is 1.45. The number of H-pyrrole nitrogens is 1. The van der Waals surface area contributed by atoms with E-state index in [1.54, 1.807) is 32.7 Å². The van der Waals surface area contributed by atoms with Crippen molar-refractivity contribution in [3.05, 3.63) is 107 Å². The smallest absolute Gasteiger partial charge is 0.245 e. The van der Waals surface area contributed by atoms with Crippen molar-refractivity contribution in [3.63, 3.8) is 0 Å². The SMILES string of the molecule is CN=Cc1cc(-c2cc(Cl)c3c(c2)CNC(=O)[C@H](Cc2c[nH]c4ccccc24)N(C)C(=O)[C@H](CCCCN)NC(=O)[C@H](CCCN)NCc2cccnc2S3)ccn1. The van der Waals surface area contributed by atoms with Gasteiger partial charge in [-0.3, -0.25) is 24.4 Å². The molecule has 2 aromatic carbocycles. The maximum absolute atomic E-state index is 14.6. The van der Waals surface area contributed by atoms with Crippen molar-refractivity contribution >= 4 is 58.2 Å². The number of unbranched alkanes of at least 4 members (excludes halogenated alkanes) is 1. The molecule has 3 atom stereocenters. The number of hydrogen-bond donors (Lipinski definition) is 6. The van der Waals surface area contributed by atoms with Gasteiger partial charge in [0.15, 0.2) is 0 Å². The fourth-order valence-corrected chi connectivity index (χ4v) is 8.51. The Morgan fingerprint density at radius 2 is 1.71 bits per heavy atom. The summed E-state index contributed by atoms with van der Waals surface area (Å²) in [5.74, 6) is -1.05. The van der Waals surface area contributed by atoms with Crippen LogP contribution in [0.15, 0.2) is 94.2 Å². The molecule has 58 heavy (non-hydrogen) atoms. The first-order chi connectivity index (χ1) is 28.2. The van der Waals surface area contributed by atoms with Crippen LogP contribution in [-0.4, -0.2) is 89.1 Å². The average molecular weight is 823 g/mol. The number of halogens is 1. The van der Waals surface area contributed by atoms with Gasteiger partial charge in [-0.15, -0.1) is 0 Å². The van der Waals surface area contributed by atoms with Crippen LogP contribution in [0.1, 0.15) is 54.5 Å². The number of aliphatic imine (C=N–C) groups is 1. The van der Waals surface area contributed by atoms with Crippen LogP contribution in [0, 0.1) is 0 Å². The summed E-state index contributed by atoms with van der Waals surface area (Å²) >= 11 is 8.56. The lowest BCUT2D eigenvalue weighted by atomic mass is 10.0. The summed E-state index contributed by atoms with van der Waals surface area (Å²) in [6.45, 7) is 1.27. The molecule has 0 fully saturated rings. The highest BCUT2D eigenvalue weighted by molar-refractivity contribution is 7.99. The van der Waals surface area contributed by atoms with Gasteiger partial charge in [0.1, 0.15) is 17.1 Å². The highest BCUT2D eigenvalue weighted by atomic mass is 35.5. The third-order valence-electron chi connectivity index (χ3n) is 10.3. The summed E-state index contributed by atoms with van der Waals surface area (Å²) in [6, 6.07) is 16.9. The maximum atomic E-state index is 14.6. The number of carbonyl (C=O) groups is 3. The van der Waals surface area contributed by atoms with Crippen LogP contribution in [-0.2, 0) is 33.9 Å². The zero-order valence-electron chi connectivity index (χ0n) is 32.8. The lowest BCUT2D eigenvalue weighted by Crippen LogP contribution is -2.57. The van der Waals surface area contributed by atoms with Gasteiger partial charge in [0.05, 0.1) is 16.8 Å². The quantitative estimate of drug-likeness (QED) is 0.0786. The second-order valence-corrected chi connectivity index (χ2v) is 15.7. The number of amides is 3. The predicted octanol–water partition coefficient (Wildman–Crippen LogP) is 4.99. The number of carbonyl (C=O) groups excluding carboxylic acids is 3. The molecule has 5 aromatic rings. The summed E-state index contributed by atoms with van der Waals surface area (Å²) in [6.07, 6.45) is 9.91. The second-order valence-electron chi connectivity index (χ2n) is 14.3. The summed E-state index contributed by atoms with van der Waals surface area (Å²) in [5.41, 5.74) is 17.6. The molecule has 0 spiro atoms. The predicted molar refractivity (Wildman–Crippen MR) is 231 cm³/mol. The van der Waals surface area contributed by atoms with Gasteiger partial charge in [-0.25, -0.2) is 4.98 Å². The maximum Gasteiger partial charge on any atom is 0.245 e. The zero-order chi connectivity index (χ0) is 41.0. The number of hydrogen-bond acceptors (Lipinski definition) is 10. The third kappa shape index (κ3) is 10.5. The molecule has 0 saturated heterocycles. The van der Waals surface area contributed by atoms with Gasteiger partial charge in [0, 0.05) is 74.2 Å². The van der Waals surface area contributed by atoms with E-state index in [1.807, 2.05) is 66.9 Å². The highest BCUT2D eigenvalue weighted by Gasteiger charge is 2.34. The number of nitrogens with two attached hydrogens (primary N) is 2.